The van der Waals surface area contributed by atoms with Gasteiger partial charge in [0, 0.05) is 19.2 Å². The molecular formula is C20H20ClN3OS. The van der Waals surface area contributed by atoms with Gasteiger partial charge in [-0.25, -0.2) is 0 Å². The number of hydrogen-bond acceptors (Lipinski definition) is 3. The molecule has 3 rings (SSSR count). The van der Waals surface area contributed by atoms with Gasteiger partial charge in [-0.15, -0.1) is 0 Å². The van der Waals surface area contributed by atoms with Gasteiger partial charge in [-0.2, -0.15) is 0 Å². The van der Waals surface area contributed by atoms with Crippen molar-refractivity contribution in [3.8, 4) is 0 Å². The zero-order chi connectivity index (χ0) is 18.4. The van der Waals surface area contributed by atoms with E-state index in [1.54, 1.807) is 6.08 Å². The van der Waals surface area contributed by atoms with E-state index in [-0.39, 0.29) is 11.0 Å². The van der Waals surface area contributed by atoms with Crippen LogP contribution in [0.25, 0.3) is 6.08 Å². The Kier molecular flexibility index (Phi) is 6.26. The van der Waals surface area contributed by atoms with E-state index in [4.69, 9.17) is 23.8 Å². The van der Waals surface area contributed by atoms with Gasteiger partial charge in [-0.1, -0.05) is 48.0 Å². The average Bonchev–Trinajstić information content (AvgIpc) is 3.15. The first-order valence-corrected chi connectivity index (χ1v) is 9.30. The topological polar surface area (TPSA) is 44.4 Å². The number of anilines is 2. The van der Waals surface area contributed by atoms with E-state index >= 15 is 0 Å². The summed E-state index contributed by atoms with van der Waals surface area (Å²) in [4.78, 5) is 14.3. The van der Waals surface area contributed by atoms with Crippen LogP contribution in [-0.4, -0.2) is 24.1 Å². The largest absolute Gasteiger partial charge is 0.369 e. The fourth-order valence-corrected chi connectivity index (χ4v) is 3.43. The number of rotatable bonds is 4. The molecule has 1 heterocycles. The summed E-state index contributed by atoms with van der Waals surface area (Å²) in [5, 5.41) is 6.69. The minimum absolute atomic E-state index is 0.246. The van der Waals surface area contributed by atoms with Crippen LogP contribution in [0.1, 0.15) is 18.4 Å². The third kappa shape index (κ3) is 4.84. The van der Waals surface area contributed by atoms with E-state index in [0.29, 0.717) is 5.02 Å². The standard InChI is InChI=1S/C20H20ClN3OS/c21-16-9-6-10-17(19(16)24-13-4-5-14-24)22-20(26)23-18(25)12-11-15-7-2-1-3-8-15/h1-3,6-12H,4-5,13-14H2,(H2,22,23,25,26). The van der Waals surface area contributed by atoms with Crippen molar-refractivity contribution in [1.82, 2.24) is 5.32 Å². The second kappa shape index (κ2) is 8.83. The summed E-state index contributed by atoms with van der Waals surface area (Å²) in [5.41, 5.74) is 2.69. The van der Waals surface area contributed by atoms with Crippen LogP contribution >= 0.6 is 23.8 Å². The Morgan fingerprint density at radius 3 is 2.54 bits per heavy atom. The van der Waals surface area contributed by atoms with Gasteiger partial charge in [-0.3, -0.25) is 10.1 Å². The number of thiocarbonyl (C=S) groups is 1. The molecule has 134 valence electrons. The highest BCUT2D eigenvalue weighted by atomic mass is 35.5. The Balaban J connectivity index is 1.64. The second-order valence-corrected chi connectivity index (χ2v) is 6.83. The molecule has 0 aliphatic carbocycles. The maximum absolute atomic E-state index is 12.1. The zero-order valence-electron chi connectivity index (χ0n) is 14.2. The van der Waals surface area contributed by atoms with Crippen molar-refractivity contribution in [2.45, 2.75) is 12.8 Å². The minimum Gasteiger partial charge on any atom is -0.369 e. The van der Waals surface area contributed by atoms with Crippen molar-refractivity contribution in [1.29, 1.82) is 0 Å². The van der Waals surface area contributed by atoms with E-state index in [0.717, 1.165) is 42.9 Å². The maximum Gasteiger partial charge on any atom is 0.250 e. The average molecular weight is 386 g/mol. The lowest BCUT2D eigenvalue weighted by Gasteiger charge is -2.23. The summed E-state index contributed by atoms with van der Waals surface area (Å²) >= 11 is 11.7. The van der Waals surface area contributed by atoms with E-state index in [1.165, 1.54) is 6.08 Å². The number of amides is 1. The first kappa shape index (κ1) is 18.4. The molecule has 0 radical (unpaired) electrons. The van der Waals surface area contributed by atoms with Gasteiger partial charge < -0.3 is 10.2 Å². The van der Waals surface area contributed by atoms with E-state index in [9.17, 15) is 4.79 Å². The summed E-state index contributed by atoms with van der Waals surface area (Å²) in [6, 6.07) is 15.3. The van der Waals surface area contributed by atoms with Gasteiger partial charge in [0.2, 0.25) is 5.91 Å². The summed E-state index contributed by atoms with van der Waals surface area (Å²) in [7, 11) is 0. The van der Waals surface area contributed by atoms with E-state index in [2.05, 4.69) is 15.5 Å². The minimum atomic E-state index is -0.281. The number of carbonyl (C=O) groups excluding carboxylic acids is 1. The van der Waals surface area contributed by atoms with E-state index < -0.39 is 0 Å². The highest BCUT2D eigenvalue weighted by molar-refractivity contribution is 7.80. The number of para-hydroxylation sites is 1. The molecule has 0 saturated carbocycles. The van der Waals surface area contributed by atoms with Crippen LogP contribution in [0.4, 0.5) is 11.4 Å². The molecule has 1 saturated heterocycles. The lowest BCUT2D eigenvalue weighted by Crippen LogP contribution is -2.33. The monoisotopic (exact) mass is 385 g/mol. The molecule has 1 aliphatic heterocycles. The maximum atomic E-state index is 12.1. The number of benzene rings is 2. The third-order valence-electron chi connectivity index (χ3n) is 4.12. The molecular weight excluding hydrogens is 366 g/mol. The van der Waals surface area contributed by atoms with Crippen LogP contribution in [0, 0.1) is 0 Å². The summed E-state index contributed by atoms with van der Waals surface area (Å²) in [6.07, 6.45) is 5.50. The predicted octanol–water partition coefficient (Wildman–Crippen LogP) is 4.47. The normalized spacial score (nSPS) is 13.8. The fourth-order valence-electron chi connectivity index (χ4n) is 2.92. The molecule has 26 heavy (non-hydrogen) atoms. The fraction of sp³-hybridized carbons (Fsp3) is 0.200. The SMILES string of the molecule is O=C(C=Cc1ccccc1)NC(=S)Nc1cccc(Cl)c1N1CCCC1. The Bertz CT molecular complexity index is 817. The van der Waals surface area contributed by atoms with Crippen LogP contribution in [-0.2, 0) is 4.79 Å². The first-order valence-electron chi connectivity index (χ1n) is 8.52. The lowest BCUT2D eigenvalue weighted by molar-refractivity contribution is -0.115. The molecule has 1 fully saturated rings. The number of nitrogens with zero attached hydrogens (tertiary/aromatic N) is 1. The van der Waals surface area contributed by atoms with Crippen molar-refractivity contribution in [2.75, 3.05) is 23.3 Å². The lowest BCUT2D eigenvalue weighted by atomic mass is 10.2. The van der Waals surface area contributed by atoms with Crippen LogP contribution in [0.5, 0.6) is 0 Å². The molecule has 6 heteroatoms. The summed E-state index contributed by atoms with van der Waals surface area (Å²) in [5.74, 6) is -0.281. The third-order valence-corrected chi connectivity index (χ3v) is 4.63. The predicted molar refractivity (Wildman–Crippen MR) is 113 cm³/mol. The molecule has 4 nitrogen and oxygen atoms in total. The molecule has 0 atom stereocenters. The molecule has 2 aromatic rings. The Labute approximate surface area is 163 Å². The molecule has 1 aliphatic rings. The van der Waals surface area contributed by atoms with Crippen molar-refractivity contribution in [3.05, 3.63) is 65.2 Å². The first-order chi connectivity index (χ1) is 12.6. The van der Waals surface area contributed by atoms with Gasteiger partial charge in [0.05, 0.1) is 16.4 Å². The van der Waals surface area contributed by atoms with Gasteiger partial charge >= 0.3 is 0 Å². The van der Waals surface area contributed by atoms with Gasteiger partial charge in [0.15, 0.2) is 5.11 Å². The van der Waals surface area contributed by atoms with Crippen LogP contribution in [0.15, 0.2) is 54.6 Å². The van der Waals surface area contributed by atoms with Crippen molar-refractivity contribution in [3.63, 3.8) is 0 Å². The molecule has 0 bridgehead atoms. The molecule has 1 amide bonds. The van der Waals surface area contributed by atoms with E-state index in [1.807, 2.05) is 48.5 Å². The molecule has 2 N–H and O–H groups in total. The number of halogens is 1. The molecule has 0 spiro atoms. The Morgan fingerprint density at radius 1 is 1.08 bits per heavy atom. The van der Waals surface area contributed by atoms with Crippen molar-refractivity contribution >= 4 is 52.3 Å². The van der Waals surface area contributed by atoms with Crippen molar-refractivity contribution in [2.24, 2.45) is 0 Å². The molecule has 0 unspecified atom stereocenters. The highest BCUT2D eigenvalue weighted by Gasteiger charge is 2.19. The number of carbonyl (C=O) groups is 1. The van der Waals surface area contributed by atoms with Crippen LogP contribution < -0.4 is 15.5 Å². The van der Waals surface area contributed by atoms with Crippen LogP contribution in [0.3, 0.4) is 0 Å². The molecule has 2 aromatic carbocycles. The summed E-state index contributed by atoms with van der Waals surface area (Å²) in [6.45, 7) is 1.94. The highest BCUT2D eigenvalue weighted by Crippen LogP contribution is 2.35. The quantitative estimate of drug-likeness (QED) is 0.602. The van der Waals surface area contributed by atoms with Gasteiger partial charge in [0.25, 0.3) is 0 Å². The Hall–Kier alpha value is -2.37. The smallest absolute Gasteiger partial charge is 0.250 e. The van der Waals surface area contributed by atoms with Crippen LogP contribution in [0.2, 0.25) is 5.02 Å². The van der Waals surface area contributed by atoms with Gasteiger partial charge in [0.1, 0.15) is 0 Å². The number of nitrogens with one attached hydrogen (secondary N) is 2. The number of hydrogen-bond donors (Lipinski definition) is 2. The van der Waals surface area contributed by atoms with Gasteiger partial charge in [-0.05, 0) is 48.8 Å². The van der Waals surface area contributed by atoms with Crippen molar-refractivity contribution < 1.29 is 4.79 Å². The summed E-state index contributed by atoms with van der Waals surface area (Å²) < 4.78 is 0. The zero-order valence-corrected chi connectivity index (χ0v) is 15.8. The second-order valence-electron chi connectivity index (χ2n) is 6.02. The molecule has 0 aromatic heterocycles. The Morgan fingerprint density at radius 2 is 1.81 bits per heavy atom.